The van der Waals surface area contributed by atoms with Crippen molar-refractivity contribution in [3.05, 3.63) is 59.9 Å². The number of anilines is 1. The van der Waals surface area contributed by atoms with Gasteiger partial charge in [-0.15, -0.1) is 0 Å². The van der Waals surface area contributed by atoms with E-state index < -0.39 is 18.5 Å². The molecule has 0 bridgehead atoms. The van der Waals surface area contributed by atoms with Crippen LogP contribution in [0, 0.1) is 0 Å². The smallest absolute Gasteiger partial charge is 0.310 e. The van der Waals surface area contributed by atoms with Gasteiger partial charge in [0.1, 0.15) is 11.3 Å². The van der Waals surface area contributed by atoms with E-state index in [1.807, 2.05) is 0 Å². The van der Waals surface area contributed by atoms with Gasteiger partial charge in [-0.25, -0.2) is 0 Å². The van der Waals surface area contributed by atoms with Gasteiger partial charge in [-0.3, -0.25) is 14.4 Å². The number of phenolic OH excluding ortho intramolecular Hbond substituents is 1. The first-order chi connectivity index (χ1) is 13.8. The van der Waals surface area contributed by atoms with Gasteiger partial charge in [0.05, 0.1) is 12.7 Å². The number of amides is 2. The van der Waals surface area contributed by atoms with Gasteiger partial charge in [0, 0.05) is 42.4 Å². The summed E-state index contributed by atoms with van der Waals surface area (Å²) in [6, 6.07) is 11.0. The van der Waals surface area contributed by atoms with Gasteiger partial charge in [-0.05, 0) is 36.4 Å². The van der Waals surface area contributed by atoms with E-state index in [4.69, 9.17) is 9.15 Å². The molecule has 0 spiro atoms. The molecule has 0 fully saturated rings. The molecule has 2 aromatic carbocycles. The molecular weight excluding hydrogens is 376 g/mol. The van der Waals surface area contributed by atoms with Crippen molar-refractivity contribution in [2.75, 3.05) is 26.0 Å². The van der Waals surface area contributed by atoms with Crippen LogP contribution in [-0.4, -0.2) is 48.5 Å². The molecule has 8 nitrogen and oxygen atoms in total. The molecule has 0 atom stereocenters. The number of ether oxygens (including phenoxy) is 1. The highest BCUT2D eigenvalue weighted by Crippen LogP contribution is 2.25. The highest BCUT2D eigenvalue weighted by atomic mass is 16.5. The summed E-state index contributed by atoms with van der Waals surface area (Å²) in [5, 5.41) is 12.7. The number of phenols is 1. The Balaban J connectivity index is 1.51. The molecule has 1 aromatic heterocycles. The largest absolute Gasteiger partial charge is 0.508 e. The normalized spacial score (nSPS) is 10.6. The molecule has 8 heteroatoms. The third kappa shape index (κ3) is 4.92. The third-order valence-corrected chi connectivity index (χ3v) is 4.16. The average Bonchev–Trinajstić information content (AvgIpc) is 3.08. The lowest BCUT2D eigenvalue weighted by Crippen LogP contribution is -2.22. The number of nitrogens with zero attached hydrogens (tertiary/aromatic N) is 1. The fourth-order valence-electron chi connectivity index (χ4n) is 2.71. The Bertz CT molecular complexity index is 1050. The number of carbonyl (C=O) groups excluding carboxylic acids is 3. The lowest BCUT2D eigenvalue weighted by atomic mass is 10.1. The predicted octanol–water partition coefficient (Wildman–Crippen LogP) is 2.56. The Morgan fingerprint density at radius 3 is 2.52 bits per heavy atom. The summed E-state index contributed by atoms with van der Waals surface area (Å²) >= 11 is 0. The Labute approximate surface area is 166 Å². The van der Waals surface area contributed by atoms with E-state index in [9.17, 15) is 19.5 Å². The van der Waals surface area contributed by atoms with Crippen molar-refractivity contribution >= 4 is 34.4 Å². The molecule has 0 aliphatic carbocycles. The molecule has 3 rings (SSSR count). The van der Waals surface area contributed by atoms with Crippen molar-refractivity contribution in [2.24, 2.45) is 0 Å². The summed E-state index contributed by atoms with van der Waals surface area (Å²) in [5.74, 6) is -1.15. The SMILES string of the molecule is CN(C)C(=O)c1ccc(NC(=O)COC(=O)Cc2coc3cc(O)ccc23)cc1. The van der Waals surface area contributed by atoms with Crippen LogP contribution in [0.1, 0.15) is 15.9 Å². The zero-order valence-corrected chi connectivity index (χ0v) is 16.0. The minimum Gasteiger partial charge on any atom is -0.508 e. The fourth-order valence-corrected chi connectivity index (χ4v) is 2.71. The molecule has 2 N–H and O–H groups in total. The van der Waals surface area contributed by atoms with Crippen LogP contribution < -0.4 is 5.32 Å². The molecule has 0 unspecified atom stereocenters. The molecule has 29 heavy (non-hydrogen) atoms. The Morgan fingerprint density at radius 2 is 1.83 bits per heavy atom. The van der Waals surface area contributed by atoms with Gasteiger partial charge in [-0.1, -0.05) is 0 Å². The second-order valence-corrected chi connectivity index (χ2v) is 6.60. The van der Waals surface area contributed by atoms with Crippen molar-refractivity contribution in [3.63, 3.8) is 0 Å². The maximum absolute atomic E-state index is 12.0. The van der Waals surface area contributed by atoms with Crippen molar-refractivity contribution in [3.8, 4) is 5.75 Å². The highest BCUT2D eigenvalue weighted by Gasteiger charge is 2.14. The predicted molar refractivity (Wildman–Crippen MR) is 106 cm³/mol. The monoisotopic (exact) mass is 396 g/mol. The number of aromatic hydroxyl groups is 1. The molecule has 2 amide bonds. The van der Waals surface area contributed by atoms with Crippen molar-refractivity contribution in [2.45, 2.75) is 6.42 Å². The number of rotatable bonds is 6. The summed E-state index contributed by atoms with van der Waals surface area (Å²) in [4.78, 5) is 37.3. The first-order valence-electron chi connectivity index (χ1n) is 8.80. The van der Waals surface area contributed by atoms with Crippen LogP contribution in [-0.2, 0) is 20.7 Å². The molecule has 0 aliphatic rings. The summed E-state index contributed by atoms with van der Waals surface area (Å²) in [5.41, 5.74) is 2.05. The van der Waals surface area contributed by atoms with Crippen LogP contribution in [0.2, 0.25) is 0 Å². The summed E-state index contributed by atoms with van der Waals surface area (Å²) in [7, 11) is 3.31. The van der Waals surface area contributed by atoms with Crippen LogP contribution >= 0.6 is 0 Å². The van der Waals surface area contributed by atoms with Crippen molar-refractivity contribution in [1.29, 1.82) is 0 Å². The van der Waals surface area contributed by atoms with Gasteiger partial charge in [0.2, 0.25) is 0 Å². The van der Waals surface area contributed by atoms with Crippen molar-refractivity contribution < 1.29 is 28.6 Å². The number of esters is 1. The Morgan fingerprint density at radius 1 is 1.10 bits per heavy atom. The summed E-state index contributed by atoms with van der Waals surface area (Å²) < 4.78 is 10.3. The van der Waals surface area contributed by atoms with Crippen molar-refractivity contribution in [1.82, 2.24) is 4.90 Å². The standard InChI is InChI=1S/C21H20N2O6/c1-23(2)21(27)13-3-5-15(6-4-13)22-19(25)12-29-20(26)9-14-11-28-18-10-16(24)7-8-17(14)18/h3-8,10-11,24H,9,12H2,1-2H3,(H,22,25). The summed E-state index contributed by atoms with van der Waals surface area (Å²) in [6.45, 7) is -0.437. The number of nitrogens with one attached hydrogen (secondary N) is 1. The molecule has 3 aromatic rings. The quantitative estimate of drug-likeness (QED) is 0.620. The van der Waals surface area contributed by atoms with Crippen LogP contribution in [0.3, 0.4) is 0 Å². The minimum atomic E-state index is -0.581. The fraction of sp³-hybridized carbons (Fsp3) is 0.190. The number of fused-ring (bicyclic) bond motifs is 1. The van der Waals surface area contributed by atoms with Crippen LogP contribution in [0.4, 0.5) is 5.69 Å². The van der Waals surface area contributed by atoms with E-state index in [0.29, 0.717) is 27.8 Å². The van der Waals surface area contributed by atoms with Crippen LogP contribution in [0.15, 0.2) is 53.1 Å². The number of furan rings is 1. The number of benzene rings is 2. The van der Waals surface area contributed by atoms with Gasteiger partial charge >= 0.3 is 5.97 Å². The van der Waals surface area contributed by atoms with E-state index in [2.05, 4.69) is 5.32 Å². The minimum absolute atomic E-state index is 0.0631. The molecular formula is C21H20N2O6. The lowest BCUT2D eigenvalue weighted by molar-refractivity contribution is -0.146. The molecule has 0 saturated carbocycles. The van der Waals surface area contributed by atoms with E-state index in [1.165, 1.54) is 23.3 Å². The van der Waals surface area contributed by atoms with Gasteiger partial charge in [-0.2, -0.15) is 0 Å². The number of hydrogen-bond donors (Lipinski definition) is 2. The van der Waals surface area contributed by atoms with E-state index in [1.54, 1.807) is 44.4 Å². The van der Waals surface area contributed by atoms with Crippen LogP contribution in [0.25, 0.3) is 11.0 Å². The summed E-state index contributed by atoms with van der Waals surface area (Å²) in [6.07, 6.45) is 1.36. The molecule has 1 heterocycles. The topological polar surface area (TPSA) is 109 Å². The van der Waals surface area contributed by atoms with Gasteiger partial charge in [0.15, 0.2) is 6.61 Å². The number of carbonyl (C=O) groups is 3. The molecule has 150 valence electrons. The average molecular weight is 396 g/mol. The Hall–Kier alpha value is -3.81. The second kappa shape index (κ2) is 8.47. The zero-order chi connectivity index (χ0) is 21.0. The van der Waals surface area contributed by atoms with Crippen LogP contribution in [0.5, 0.6) is 5.75 Å². The molecule has 0 radical (unpaired) electrons. The first-order valence-corrected chi connectivity index (χ1v) is 8.80. The maximum atomic E-state index is 12.0. The Kier molecular flexibility index (Phi) is 5.82. The van der Waals surface area contributed by atoms with Gasteiger partial charge < -0.3 is 24.5 Å². The lowest BCUT2D eigenvalue weighted by Gasteiger charge is -2.11. The van der Waals surface area contributed by atoms with E-state index in [0.717, 1.165) is 0 Å². The zero-order valence-electron chi connectivity index (χ0n) is 16.0. The van der Waals surface area contributed by atoms with E-state index in [-0.39, 0.29) is 18.1 Å². The third-order valence-electron chi connectivity index (χ3n) is 4.16. The highest BCUT2D eigenvalue weighted by molar-refractivity contribution is 5.96. The first kappa shape index (κ1) is 19.9. The van der Waals surface area contributed by atoms with Gasteiger partial charge in [0.25, 0.3) is 11.8 Å². The second-order valence-electron chi connectivity index (χ2n) is 6.60. The number of hydrogen-bond acceptors (Lipinski definition) is 6. The molecule has 0 aliphatic heterocycles. The van der Waals surface area contributed by atoms with E-state index >= 15 is 0 Å². The maximum Gasteiger partial charge on any atom is 0.310 e. The molecule has 0 saturated heterocycles.